The molecule has 2 aromatic rings. The molecule has 0 spiro atoms. The molecule has 0 unspecified atom stereocenters. The summed E-state index contributed by atoms with van der Waals surface area (Å²) >= 11 is 0. The van der Waals surface area contributed by atoms with E-state index in [1.54, 1.807) is 39.0 Å². The SMILES string of the molecule is CC(C)(C)OC(=O)C=Cc1ccc2cc(OC(=O)OC(C)(C)C)ccc2c1. The Bertz CT molecular complexity index is 866. The van der Waals surface area contributed by atoms with Crippen molar-refractivity contribution in [3.8, 4) is 5.75 Å². The second-order valence-corrected chi connectivity index (χ2v) is 8.20. The van der Waals surface area contributed by atoms with Crippen LogP contribution < -0.4 is 4.74 Å². The van der Waals surface area contributed by atoms with Crippen LogP contribution in [0.3, 0.4) is 0 Å². The molecule has 0 fully saturated rings. The Labute approximate surface area is 159 Å². The van der Waals surface area contributed by atoms with Crippen LogP contribution in [-0.2, 0) is 14.3 Å². The van der Waals surface area contributed by atoms with Gasteiger partial charge in [-0.1, -0.05) is 18.2 Å². The summed E-state index contributed by atoms with van der Waals surface area (Å²) in [6.07, 6.45) is 2.38. The van der Waals surface area contributed by atoms with E-state index in [0.29, 0.717) is 5.75 Å². The predicted molar refractivity (Wildman–Crippen MR) is 106 cm³/mol. The molecule has 0 heterocycles. The van der Waals surface area contributed by atoms with E-state index < -0.39 is 17.4 Å². The molecule has 0 bridgehead atoms. The van der Waals surface area contributed by atoms with Gasteiger partial charge in [-0.3, -0.25) is 0 Å². The number of rotatable bonds is 3. The van der Waals surface area contributed by atoms with Crippen LogP contribution in [0.5, 0.6) is 5.75 Å². The van der Waals surface area contributed by atoms with Crippen molar-refractivity contribution in [2.45, 2.75) is 52.7 Å². The minimum absolute atomic E-state index is 0.385. The fourth-order valence-corrected chi connectivity index (χ4v) is 2.28. The van der Waals surface area contributed by atoms with Gasteiger partial charge >= 0.3 is 12.1 Å². The number of benzene rings is 2. The summed E-state index contributed by atoms with van der Waals surface area (Å²) in [6, 6.07) is 11.0. The Morgan fingerprint density at radius 3 is 2.04 bits per heavy atom. The Morgan fingerprint density at radius 2 is 1.41 bits per heavy atom. The van der Waals surface area contributed by atoms with Crippen molar-refractivity contribution in [3.05, 3.63) is 48.0 Å². The molecule has 0 atom stereocenters. The highest BCUT2D eigenvalue weighted by atomic mass is 16.7. The van der Waals surface area contributed by atoms with Crippen molar-refractivity contribution < 1.29 is 23.8 Å². The number of hydrogen-bond donors (Lipinski definition) is 0. The maximum Gasteiger partial charge on any atom is 0.514 e. The lowest BCUT2D eigenvalue weighted by Gasteiger charge is -2.18. The zero-order valence-corrected chi connectivity index (χ0v) is 16.7. The first-order valence-electron chi connectivity index (χ1n) is 8.77. The highest BCUT2D eigenvalue weighted by Crippen LogP contribution is 2.23. The van der Waals surface area contributed by atoms with E-state index in [0.717, 1.165) is 16.3 Å². The quantitative estimate of drug-likeness (QED) is 0.405. The van der Waals surface area contributed by atoms with Crippen molar-refractivity contribution in [2.75, 3.05) is 0 Å². The second-order valence-electron chi connectivity index (χ2n) is 8.20. The first-order valence-corrected chi connectivity index (χ1v) is 8.77. The molecule has 0 aliphatic carbocycles. The minimum Gasteiger partial charge on any atom is -0.457 e. The highest BCUT2D eigenvalue weighted by Gasteiger charge is 2.18. The van der Waals surface area contributed by atoms with E-state index in [-0.39, 0.29) is 5.97 Å². The van der Waals surface area contributed by atoms with Gasteiger partial charge < -0.3 is 14.2 Å². The molecule has 0 aliphatic heterocycles. The molecule has 2 aromatic carbocycles. The third kappa shape index (κ3) is 7.13. The van der Waals surface area contributed by atoms with Crippen molar-refractivity contribution in [1.29, 1.82) is 0 Å². The maximum atomic E-state index is 11.8. The van der Waals surface area contributed by atoms with Crippen molar-refractivity contribution in [1.82, 2.24) is 0 Å². The molecule has 0 aromatic heterocycles. The summed E-state index contributed by atoms with van der Waals surface area (Å²) in [5, 5.41) is 1.86. The number of esters is 1. The Kier molecular flexibility index (Phi) is 5.94. The average molecular weight is 370 g/mol. The lowest BCUT2D eigenvalue weighted by Crippen LogP contribution is -2.25. The minimum atomic E-state index is -0.737. The van der Waals surface area contributed by atoms with Gasteiger partial charge in [-0.05, 0) is 82.2 Å². The first kappa shape index (κ1) is 20.5. The molecule has 0 aliphatic rings. The van der Waals surface area contributed by atoms with E-state index in [9.17, 15) is 9.59 Å². The lowest BCUT2D eigenvalue weighted by molar-refractivity contribution is -0.148. The molecule has 0 N–H and O–H groups in total. The molecule has 0 saturated carbocycles. The molecule has 5 heteroatoms. The first-order chi connectivity index (χ1) is 12.4. The molecule has 144 valence electrons. The van der Waals surface area contributed by atoms with Gasteiger partial charge in [-0.15, -0.1) is 0 Å². The number of carbonyl (C=O) groups is 2. The molecule has 2 rings (SSSR count). The van der Waals surface area contributed by atoms with Crippen molar-refractivity contribution in [2.24, 2.45) is 0 Å². The van der Waals surface area contributed by atoms with Gasteiger partial charge in [0.1, 0.15) is 17.0 Å². The second kappa shape index (κ2) is 7.82. The Balaban J connectivity index is 2.11. The molecule has 27 heavy (non-hydrogen) atoms. The summed E-state index contributed by atoms with van der Waals surface area (Å²) in [7, 11) is 0. The largest absolute Gasteiger partial charge is 0.514 e. The number of ether oxygens (including phenoxy) is 3. The van der Waals surface area contributed by atoms with Crippen LogP contribution in [0.15, 0.2) is 42.5 Å². The highest BCUT2D eigenvalue weighted by molar-refractivity contribution is 5.90. The van der Waals surface area contributed by atoms with Gasteiger partial charge in [-0.25, -0.2) is 9.59 Å². The van der Waals surface area contributed by atoms with Gasteiger partial charge in [-0.2, -0.15) is 0 Å². The smallest absolute Gasteiger partial charge is 0.457 e. The molecule has 0 saturated heterocycles. The summed E-state index contributed by atoms with van der Waals surface area (Å²) in [5.74, 6) is 0.0255. The van der Waals surface area contributed by atoms with Crippen molar-refractivity contribution in [3.63, 3.8) is 0 Å². The zero-order chi connectivity index (χ0) is 20.2. The molecule has 0 amide bonds. The average Bonchev–Trinajstić information content (AvgIpc) is 2.49. The molecular formula is C22H26O5. The number of hydrogen-bond acceptors (Lipinski definition) is 5. The summed E-state index contributed by atoms with van der Waals surface area (Å²) in [5.41, 5.74) is -0.257. The van der Waals surface area contributed by atoms with Gasteiger partial charge in [0.25, 0.3) is 0 Å². The van der Waals surface area contributed by atoms with Gasteiger partial charge in [0.2, 0.25) is 0 Å². The fraction of sp³-hybridized carbons (Fsp3) is 0.364. The Morgan fingerprint density at radius 1 is 0.815 bits per heavy atom. The number of fused-ring (bicyclic) bond motifs is 1. The van der Waals surface area contributed by atoms with Gasteiger partial charge in [0.05, 0.1) is 0 Å². The standard InChI is InChI=1S/C22H26O5/c1-21(2,3)26-19(23)12-8-15-7-9-17-14-18(11-10-16(17)13-15)25-20(24)27-22(4,5)6/h7-14H,1-6H3. The normalized spacial score (nSPS) is 12.2. The van der Waals surface area contributed by atoms with Crippen molar-refractivity contribution >= 4 is 29.0 Å². The van der Waals surface area contributed by atoms with Crippen LogP contribution in [0.1, 0.15) is 47.1 Å². The van der Waals surface area contributed by atoms with Crippen LogP contribution >= 0.6 is 0 Å². The summed E-state index contributed by atoms with van der Waals surface area (Å²) in [6.45, 7) is 10.8. The van der Waals surface area contributed by atoms with Crippen LogP contribution in [0.4, 0.5) is 4.79 Å². The topological polar surface area (TPSA) is 61.8 Å². The Hall–Kier alpha value is -2.82. The summed E-state index contributed by atoms with van der Waals surface area (Å²) < 4.78 is 15.6. The van der Waals surface area contributed by atoms with Crippen LogP contribution in [-0.4, -0.2) is 23.3 Å². The van der Waals surface area contributed by atoms with Gasteiger partial charge in [0.15, 0.2) is 0 Å². The molecular weight excluding hydrogens is 344 g/mol. The van der Waals surface area contributed by atoms with E-state index in [1.165, 1.54) is 6.08 Å². The predicted octanol–water partition coefficient (Wildman–Crippen LogP) is 5.51. The lowest BCUT2D eigenvalue weighted by atomic mass is 10.1. The maximum absolute atomic E-state index is 11.8. The van der Waals surface area contributed by atoms with E-state index in [4.69, 9.17) is 14.2 Å². The van der Waals surface area contributed by atoms with Crippen LogP contribution in [0, 0.1) is 0 Å². The summed E-state index contributed by atoms with van der Waals surface area (Å²) in [4.78, 5) is 23.5. The zero-order valence-electron chi connectivity index (χ0n) is 16.7. The van der Waals surface area contributed by atoms with Crippen LogP contribution in [0.25, 0.3) is 16.8 Å². The molecule has 0 radical (unpaired) electrons. The molecule has 5 nitrogen and oxygen atoms in total. The van der Waals surface area contributed by atoms with E-state index in [1.807, 2.05) is 45.0 Å². The van der Waals surface area contributed by atoms with Gasteiger partial charge in [0, 0.05) is 6.08 Å². The number of carbonyl (C=O) groups excluding carboxylic acids is 2. The monoisotopic (exact) mass is 370 g/mol. The van der Waals surface area contributed by atoms with E-state index in [2.05, 4.69) is 0 Å². The third-order valence-electron chi connectivity index (χ3n) is 3.25. The fourth-order valence-electron chi connectivity index (χ4n) is 2.28. The van der Waals surface area contributed by atoms with Crippen LogP contribution in [0.2, 0.25) is 0 Å². The third-order valence-corrected chi connectivity index (χ3v) is 3.25. The van der Waals surface area contributed by atoms with E-state index >= 15 is 0 Å².